The molecule has 0 bridgehead atoms. The van der Waals surface area contributed by atoms with Gasteiger partial charge in [-0.2, -0.15) is 0 Å². The minimum atomic E-state index is -3.14. The van der Waals surface area contributed by atoms with Crippen molar-refractivity contribution in [1.29, 1.82) is 0 Å². The maximum atomic E-state index is 15.2. The maximum absolute atomic E-state index is 15.2. The Morgan fingerprint density at radius 2 is 0.917 bits per heavy atom. The second-order valence-electron chi connectivity index (χ2n) is 12.1. The van der Waals surface area contributed by atoms with Crippen LogP contribution in [0.2, 0.25) is 0 Å². The molecule has 0 radical (unpaired) electrons. The lowest BCUT2D eigenvalue weighted by molar-refractivity contribution is 0.592. The average Bonchev–Trinajstić information content (AvgIpc) is 3.18. The van der Waals surface area contributed by atoms with E-state index >= 15 is 4.57 Å². The molecule has 0 aliphatic carbocycles. The summed E-state index contributed by atoms with van der Waals surface area (Å²) in [5.74, 6) is 0. The van der Waals surface area contributed by atoms with Gasteiger partial charge in [0.1, 0.15) is 0 Å². The summed E-state index contributed by atoms with van der Waals surface area (Å²) in [7, 11) is -3.14. The minimum absolute atomic E-state index is 0.784. The molecule has 226 valence electrons. The third-order valence-electron chi connectivity index (χ3n) is 9.34. The van der Waals surface area contributed by atoms with E-state index in [2.05, 4.69) is 91.0 Å². The van der Waals surface area contributed by atoms with Crippen LogP contribution < -0.4 is 15.9 Å². The number of benzene rings is 7. The number of rotatable bonds is 5. The molecule has 2 aromatic heterocycles. The Morgan fingerprint density at radius 3 is 1.54 bits per heavy atom. The first-order chi connectivity index (χ1) is 23.7. The van der Waals surface area contributed by atoms with Crippen molar-refractivity contribution in [2.24, 2.45) is 0 Å². The van der Waals surface area contributed by atoms with Crippen molar-refractivity contribution < 1.29 is 4.57 Å². The highest BCUT2D eigenvalue weighted by molar-refractivity contribution is 7.85. The van der Waals surface area contributed by atoms with Crippen LogP contribution in [0.25, 0.3) is 65.7 Å². The summed E-state index contributed by atoms with van der Waals surface area (Å²) in [5, 5.41) is 9.33. The van der Waals surface area contributed by atoms with Crippen LogP contribution in [-0.4, -0.2) is 9.97 Å². The number of hydrogen-bond acceptors (Lipinski definition) is 3. The third-order valence-corrected chi connectivity index (χ3v) is 12.4. The summed E-state index contributed by atoms with van der Waals surface area (Å²) in [5.41, 5.74) is 5.55. The summed E-state index contributed by atoms with van der Waals surface area (Å²) in [6.07, 6.45) is 1.94. The van der Waals surface area contributed by atoms with Gasteiger partial charge in [0, 0.05) is 44.0 Å². The van der Waals surface area contributed by atoms with E-state index in [0.29, 0.717) is 0 Å². The van der Waals surface area contributed by atoms with Gasteiger partial charge in [-0.25, -0.2) is 4.98 Å². The number of hydrogen-bond donors (Lipinski definition) is 0. The van der Waals surface area contributed by atoms with Gasteiger partial charge in [0.05, 0.1) is 16.7 Å². The zero-order chi connectivity index (χ0) is 32.1. The van der Waals surface area contributed by atoms with Gasteiger partial charge in [0.2, 0.25) is 0 Å². The van der Waals surface area contributed by atoms with Crippen molar-refractivity contribution >= 4 is 66.4 Å². The highest BCUT2D eigenvalue weighted by atomic mass is 31.2. The molecule has 0 spiro atoms. The van der Waals surface area contributed by atoms with Crippen LogP contribution in [0.3, 0.4) is 0 Å². The minimum Gasteiger partial charge on any atom is -0.309 e. The molecular weight excluding hydrogens is 603 g/mol. The summed E-state index contributed by atoms with van der Waals surface area (Å²) in [4.78, 5) is 10.5. The Hall–Kier alpha value is -5.89. The first-order valence-electron chi connectivity index (χ1n) is 16.1. The quantitative estimate of drug-likeness (QED) is 0.140. The molecule has 0 unspecified atom stereocenters. The van der Waals surface area contributed by atoms with Gasteiger partial charge in [-0.1, -0.05) is 158 Å². The zero-order valence-corrected chi connectivity index (χ0v) is 26.9. The Bertz CT molecular complexity index is 2650. The number of pyridine rings is 2. The van der Waals surface area contributed by atoms with Crippen LogP contribution in [0.5, 0.6) is 0 Å². The van der Waals surface area contributed by atoms with Crippen LogP contribution in [-0.2, 0) is 4.57 Å². The largest absolute Gasteiger partial charge is 0.309 e. The molecule has 0 amide bonds. The summed E-state index contributed by atoms with van der Waals surface area (Å²) >= 11 is 0. The van der Waals surface area contributed by atoms with E-state index in [0.717, 1.165) is 70.9 Å². The van der Waals surface area contributed by atoms with Crippen LogP contribution in [0.1, 0.15) is 0 Å². The number of aromatic nitrogens is 2. The molecule has 0 N–H and O–H groups in total. The van der Waals surface area contributed by atoms with Crippen LogP contribution >= 0.6 is 7.14 Å². The monoisotopic (exact) mass is 632 g/mol. The van der Waals surface area contributed by atoms with Crippen molar-refractivity contribution in [1.82, 2.24) is 9.97 Å². The van der Waals surface area contributed by atoms with E-state index in [-0.39, 0.29) is 0 Å². The molecule has 4 heteroatoms. The standard InChI is InChI=1S/C44H29N2OP/c47-48(33-18-6-2-7-19-33,34-20-8-3-9-21-34)35-22-14-17-31(27-35)32-28-40-44(45-29-32)42-39-26-13-11-24-37(39)36-23-10-12-25-38(36)41(42)43(46-40)30-15-4-1-5-16-30/h1-29H. The first kappa shape index (κ1) is 28.3. The van der Waals surface area contributed by atoms with Crippen molar-refractivity contribution in [2.45, 2.75) is 0 Å². The fourth-order valence-electron chi connectivity index (χ4n) is 7.11. The fraction of sp³-hybridized carbons (Fsp3) is 0. The lowest BCUT2D eigenvalue weighted by Crippen LogP contribution is -2.25. The van der Waals surface area contributed by atoms with E-state index in [1.807, 2.05) is 85.1 Å². The molecule has 0 fully saturated rings. The number of fused-ring (bicyclic) bond motifs is 8. The maximum Gasteiger partial charge on any atom is 0.171 e. The van der Waals surface area contributed by atoms with Crippen molar-refractivity contribution in [3.63, 3.8) is 0 Å². The fourth-order valence-corrected chi connectivity index (χ4v) is 9.80. The van der Waals surface area contributed by atoms with Gasteiger partial charge in [0.15, 0.2) is 7.14 Å². The second kappa shape index (κ2) is 11.4. The van der Waals surface area contributed by atoms with Crippen LogP contribution in [0.15, 0.2) is 176 Å². The van der Waals surface area contributed by atoms with Crippen molar-refractivity contribution in [3.8, 4) is 22.4 Å². The predicted molar refractivity (Wildman–Crippen MR) is 202 cm³/mol. The summed E-state index contributed by atoms with van der Waals surface area (Å²) in [6.45, 7) is 0. The van der Waals surface area contributed by atoms with E-state index in [4.69, 9.17) is 9.97 Å². The normalized spacial score (nSPS) is 11.8. The van der Waals surface area contributed by atoms with E-state index in [9.17, 15) is 0 Å². The number of nitrogens with zero attached hydrogens (tertiary/aromatic N) is 2. The zero-order valence-electron chi connectivity index (χ0n) is 26.0. The first-order valence-corrected chi connectivity index (χ1v) is 17.8. The van der Waals surface area contributed by atoms with Gasteiger partial charge in [-0.15, -0.1) is 0 Å². The highest BCUT2D eigenvalue weighted by Crippen LogP contribution is 2.44. The van der Waals surface area contributed by atoms with Gasteiger partial charge in [-0.3, -0.25) is 4.98 Å². The molecule has 9 rings (SSSR count). The molecule has 7 aromatic carbocycles. The van der Waals surface area contributed by atoms with Gasteiger partial charge >= 0.3 is 0 Å². The molecule has 0 saturated heterocycles. The molecule has 9 aromatic rings. The highest BCUT2D eigenvalue weighted by Gasteiger charge is 2.30. The lowest BCUT2D eigenvalue weighted by atomic mass is 9.91. The van der Waals surface area contributed by atoms with Gasteiger partial charge in [-0.05, 0) is 39.2 Å². The predicted octanol–water partition coefficient (Wildman–Crippen LogP) is 10.1. The van der Waals surface area contributed by atoms with E-state index < -0.39 is 7.14 Å². The van der Waals surface area contributed by atoms with Crippen molar-refractivity contribution in [2.75, 3.05) is 0 Å². The SMILES string of the molecule is O=P(c1ccccc1)(c1ccccc1)c1cccc(-c2cnc3c(c2)nc(-c2ccccc2)c2c4ccccc4c4ccccc4c32)c1. The van der Waals surface area contributed by atoms with Crippen LogP contribution in [0.4, 0.5) is 0 Å². The molecular formula is C44H29N2OP. The molecule has 3 nitrogen and oxygen atoms in total. The smallest absolute Gasteiger partial charge is 0.171 e. The van der Waals surface area contributed by atoms with E-state index in [1.54, 1.807) is 0 Å². The van der Waals surface area contributed by atoms with Gasteiger partial charge < -0.3 is 4.57 Å². The summed E-state index contributed by atoms with van der Waals surface area (Å²) in [6, 6.07) is 57.4. The topological polar surface area (TPSA) is 42.9 Å². The Kier molecular flexibility index (Phi) is 6.74. The lowest BCUT2D eigenvalue weighted by Gasteiger charge is -2.20. The van der Waals surface area contributed by atoms with Crippen LogP contribution in [0, 0.1) is 0 Å². The molecule has 0 atom stereocenters. The van der Waals surface area contributed by atoms with Crippen molar-refractivity contribution in [3.05, 3.63) is 176 Å². The summed E-state index contributed by atoms with van der Waals surface area (Å²) < 4.78 is 15.2. The Labute approximate surface area is 278 Å². The van der Waals surface area contributed by atoms with E-state index in [1.165, 1.54) is 10.8 Å². The second-order valence-corrected chi connectivity index (χ2v) is 14.9. The van der Waals surface area contributed by atoms with Gasteiger partial charge in [0.25, 0.3) is 0 Å². The average molecular weight is 633 g/mol. The molecule has 0 aliphatic rings. The third kappa shape index (κ3) is 4.47. The molecule has 0 aliphatic heterocycles. The Morgan fingerprint density at radius 1 is 0.417 bits per heavy atom. The Balaban J connectivity index is 1.31. The molecule has 0 saturated carbocycles. The molecule has 48 heavy (non-hydrogen) atoms. The molecule has 2 heterocycles.